The topological polar surface area (TPSA) is 57.8 Å². The van der Waals surface area contributed by atoms with E-state index in [-0.39, 0.29) is 12.3 Å². The monoisotopic (exact) mass is 269 g/mol. The van der Waals surface area contributed by atoms with Crippen LogP contribution in [0.5, 0.6) is 0 Å². The van der Waals surface area contributed by atoms with Crippen LogP contribution in [0.3, 0.4) is 0 Å². The maximum Gasteiger partial charge on any atom is 0.230 e. The second-order valence-corrected chi connectivity index (χ2v) is 4.22. The SMILES string of the molecule is O=C(Cc1ccn[nH]1)Nc1c(Cl)cccc1Cl. The lowest BCUT2D eigenvalue weighted by Crippen LogP contribution is -2.15. The lowest BCUT2D eigenvalue weighted by Gasteiger charge is -2.08. The fraction of sp³-hybridized carbons (Fsp3) is 0.0909. The number of carbonyl (C=O) groups is 1. The molecule has 0 atom stereocenters. The van der Waals surface area contributed by atoms with Crippen molar-refractivity contribution in [1.29, 1.82) is 0 Å². The van der Waals surface area contributed by atoms with E-state index in [0.717, 1.165) is 5.69 Å². The molecule has 0 saturated carbocycles. The Hall–Kier alpha value is -1.52. The van der Waals surface area contributed by atoms with Crippen LogP contribution in [-0.4, -0.2) is 16.1 Å². The molecular formula is C11H9Cl2N3O. The number of halogens is 2. The molecule has 2 N–H and O–H groups in total. The number of nitrogens with one attached hydrogen (secondary N) is 2. The molecule has 0 bridgehead atoms. The van der Waals surface area contributed by atoms with Crippen molar-refractivity contribution in [2.45, 2.75) is 6.42 Å². The predicted molar refractivity (Wildman–Crippen MR) is 67.4 cm³/mol. The van der Waals surface area contributed by atoms with E-state index < -0.39 is 0 Å². The zero-order chi connectivity index (χ0) is 12.3. The summed E-state index contributed by atoms with van der Waals surface area (Å²) >= 11 is 11.9. The highest BCUT2D eigenvalue weighted by molar-refractivity contribution is 6.39. The largest absolute Gasteiger partial charge is 0.323 e. The van der Waals surface area contributed by atoms with Gasteiger partial charge in [0.25, 0.3) is 0 Å². The van der Waals surface area contributed by atoms with Gasteiger partial charge in [0.15, 0.2) is 0 Å². The number of anilines is 1. The molecule has 0 unspecified atom stereocenters. The molecule has 0 aliphatic heterocycles. The Morgan fingerprint density at radius 1 is 1.29 bits per heavy atom. The van der Waals surface area contributed by atoms with Gasteiger partial charge in [0.2, 0.25) is 5.91 Å². The molecule has 1 heterocycles. The number of nitrogens with zero attached hydrogens (tertiary/aromatic N) is 1. The predicted octanol–water partition coefficient (Wildman–Crippen LogP) is 2.90. The summed E-state index contributed by atoms with van der Waals surface area (Å²) in [5.41, 5.74) is 1.16. The Labute approximate surface area is 108 Å². The molecule has 0 saturated heterocycles. The van der Waals surface area contributed by atoms with Gasteiger partial charge in [0.05, 0.1) is 22.2 Å². The molecular weight excluding hydrogens is 261 g/mol. The molecule has 0 radical (unpaired) electrons. The molecule has 17 heavy (non-hydrogen) atoms. The van der Waals surface area contributed by atoms with Crippen LogP contribution in [0, 0.1) is 0 Å². The lowest BCUT2D eigenvalue weighted by atomic mass is 10.2. The van der Waals surface area contributed by atoms with Gasteiger partial charge in [-0.3, -0.25) is 9.89 Å². The van der Waals surface area contributed by atoms with Crippen molar-refractivity contribution in [3.05, 3.63) is 46.2 Å². The third-order valence-corrected chi connectivity index (χ3v) is 2.77. The minimum absolute atomic E-state index is 0.196. The lowest BCUT2D eigenvalue weighted by molar-refractivity contribution is -0.115. The molecule has 0 aliphatic carbocycles. The van der Waals surface area contributed by atoms with Crippen molar-refractivity contribution in [1.82, 2.24) is 10.2 Å². The normalized spacial score (nSPS) is 10.2. The van der Waals surface area contributed by atoms with Gasteiger partial charge in [-0.15, -0.1) is 0 Å². The first-order valence-corrected chi connectivity index (χ1v) is 5.64. The minimum atomic E-state index is -0.204. The number of rotatable bonds is 3. The maximum absolute atomic E-state index is 11.7. The smallest absolute Gasteiger partial charge is 0.230 e. The number of hydrogen-bond donors (Lipinski definition) is 2. The second kappa shape index (κ2) is 5.21. The van der Waals surface area contributed by atoms with Gasteiger partial charge in [0.1, 0.15) is 0 Å². The Balaban J connectivity index is 2.08. The van der Waals surface area contributed by atoms with Crippen LogP contribution >= 0.6 is 23.2 Å². The highest BCUT2D eigenvalue weighted by atomic mass is 35.5. The summed E-state index contributed by atoms with van der Waals surface area (Å²) in [5, 5.41) is 9.96. The summed E-state index contributed by atoms with van der Waals surface area (Å²) in [6, 6.07) is 6.78. The Morgan fingerprint density at radius 2 is 2.00 bits per heavy atom. The summed E-state index contributed by atoms with van der Waals surface area (Å²) in [6.45, 7) is 0. The molecule has 0 spiro atoms. The van der Waals surface area contributed by atoms with E-state index in [1.165, 1.54) is 0 Å². The molecule has 88 valence electrons. The van der Waals surface area contributed by atoms with E-state index in [0.29, 0.717) is 15.7 Å². The second-order valence-electron chi connectivity index (χ2n) is 3.40. The molecule has 1 aromatic carbocycles. The molecule has 6 heteroatoms. The fourth-order valence-corrected chi connectivity index (χ4v) is 1.85. The summed E-state index contributed by atoms with van der Waals surface area (Å²) in [5.74, 6) is -0.204. The van der Waals surface area contributed by atoms with Gasteiger partial charge in [0, 0.05) is 11.9 Å². The zero-order valence-electron chi connectivity index (χ0n) is 8.71. The van der Waals surface area contributed by atoms with Crippen molar-refractivity contribution in [3.63, 3.8) is 0 Å². The van der Waals surface area contributed by atoms with Crippen LogP contribution in [0.15, 0.2) is 30.5 Å². The number of benzene rings is 1. The maximum atomic E-state index is 11.7. The molecule has 0 fully saturated rings. The van der Waals surface area contributed by atoms with Crippen molar-refractivity contribution < 1.29 is 4.79 Å². The Kier molecular flexibility index (Phi) is 3.66. The molecule has 1 amide bonds. The average molecular weight is 270 g/mol. The van der Waals surface area contributed by atoms with Gasteiger partial charge in [-0.2, -0.15) is 5.10 Å². The number of carbonyl (C=O) groups excluding carboxylic acids is 1. The van der Waals surface area contributed by atoms with E-state index in [1.807, 2.05) is 0 Å². The molecule has 1 aromatic heterocycles. The van der Waals surface area contributed by atoms with Crippen molar-refractivity contribution in [2.75, 3.05) is 5.32 Å². The number of aromatic amines is 1. The summed E-state index contributed by atoms with van der Waals surface area (Å²) in [4.78, 5) is 11.7. The van der Waals surface area contributed by atoms with Crippen molar-refractivity contribution in [2.24, 2.45) is 0 Å². The molecule has 0 aliphatic rings. The summed E-state index contributed by atoms with van der Waals surface area (Å²) in [6.07, 6.45) is 1.78. The van der Waals surface area contributed by atoms with Crippen LogP contribution in [0.4, 0.5) is 5.69 Å². The third kappa shape index (κ3) is 2.99. The molecule has 2 aromatic rings. The van der Waals surface area contributed by atoms with Crippen LogP contribution in [0.2, 0.25) is 10.0 Å². The summed E-state index contributed by atoms with van der Waals surface area (Å²) < 4.78 is 0. The van der Waals surface area contributed by atoms with Gasteiger partial charge >= 0.3 is 0 Å². The van der Waals surface area contributed by atoms with E-state index >= 15 is 0 Å². The Morgan fingerprint density at radius 3 is 2.59 bits per heavy atom. The highest BCUT2D eigenvalue weighted by Gasteiger charge is 2.10. The quantitative estimate of drug-likeness (QED) is 0.900. The Bertz CT molecular complexity index is 505. The van der Waals surface area contributed by atoms with Gasteiger partial charge in [-0.1, -0.05) is 29.3 Å². The number of hydrogen-bond acceptors (Lipinski definition) is 2. The number of H-pyrrole nitrogens is 1. The van der Waals surface area contributed by atoms with E-state index in [4.69, 9.17) is 23.2 Å². The first-order chi connectivity index (χ1) is 8.16. The molecule has 4 nitrogen and oxygen atoms in total. The van der Waals surface area contributed by atoms with Crippen LogP contribution in [0.1, 0.15) is 5.69 Å². The third-order valence-electron chi connectivity index (χ3n) is 2.14. The number of aromatic nitrogens is 2. The average Bonchev–Trinajstić information content (AvgIpc) is 2.76. The van der Waals surface area contributed by atoms with Crippen LogP contribution in [0.25, 0.3) is 0 Å². The van der Waals surface area contributed by atoms with Crippen molar-refractivity contribution in [3.8, 4) is 0 Å². The zero-order valence-corrected chi connectivity index (χ0v) is 10.2. The summed E-state index contributed by atoms with van der Waals surface area (Å²) in [7, 11) is 0. The van der Waals surface area contributed by atoms with Gasteiger partial charge < -0.3 is 5.32 Å². The van der Waals surface area contributed by atoms with E-state index in [1.54, 1.807) is 30.5 Å². The van der Waals surface area contributed by atoms with E-state index in [2.05, 4.69) is 15.5 Å². The van der Waals surface area contributed by atoms with Crippen LogP contribution in [-0.2, 0) is 11.2 Å². The highest BCUT2D eigenvalue weighted by Crippen LogP contribution is 2.29. The molecule has 2 rings (SSSR count). The minimum Gasteiger partial charge on any atom is -0.323 e. The van der Waals surface area contributed by atoms with Crippen LogP contribution < -0.4 is 5.32 Å². The number of para-hydroxylation sites is 1. The number of amides is 1. The van der Waals surface area contributed by atoms with E-state index in [9.17, 15) is 4.79 Å². The fourth-order valence-electron chi connectivity index (χ4n) is 1.36. The van der Waals surface area contributed by atoms with Crippen molar-refractivity contribution >= 4 is 34.8 Å². The first-order valence-electron chi connectivity index (χ1n) is 4.89. The standard InChI is InChI=1S/C11H9Cl2N3O/c12-8-2-1-3-9(13)11(8)15-10(17)6-7-4-5-14-16-7/h1-5H,6H2,(H,14,16)(H,15,17). The van der Waals surface area contributed by atoms with Gasteiger partial charge in [-0.25, -0.2) is 0 Å². The first kappa shape index (κ1) is 12.0. The van der Waals surface area contributed by atoms with Gasteiger partial charge in [-0.05, 0) is 18.2 Å².